The van der Waals surface area contributed by atoms with E-state index in [1.54, 1.807) is 18.2 Å². The second-order valence-corrected chi connectivity index (χ2v) is 5.19. The summed E-state index contributed by atoms with van der Waals surface area (Å²) in [5.41, 5.74) is 0.702. The molecular weight excluding hydrogens is 266 g/mol. The lowest BCUT2D eigenvalue weighted by Crippen LogP contribution is -2.59. The Morgan fingerprint density at radius 3 is 2.63 bits per heavy atom. The van der Waals surface area contributed by atoms with Crippen molar-refractivity contribution in [1.29, 1.82) is 0 Å². The molecule has 1 aliphatic heterocycles. The number of carbonyl (C=O) groups is 2. The topological polar surface area (TPSA) is 91.1 Å². The van der Waals surface area contributed by atoms with E-state index in [9.17, 15) is 14.7 Å². The average Bonchev–Trinajstić information content (AvgIpc) is 2.79. The maximum atomic E-state index is 12.1. The van der Waals surface area contributed by atoms with Gasteiger partial charge in [-0.3, -0.25) is 4.79 Å². The highest BCUT2D eigenvalue weighted by atomic mass is 32.1. The number of nitrogens with one attached hydrogen (secondary N) is 1. The Labute approximate surface area is 112 Å². The first kappa shape index (κ1) is 12.0. The van der Waals surface area contributed by atoms with Gasteiger partial charge in [0.15, 0.2) is 0 Å². The predicted molar refractivity (Wildman–Crippen MR) is 69.7 cm³/mol. The summed E-state index contributed by atoms with van der Waals surface area (Å²) in [6.45, 7) is 0. The Balaban J connectivity index is 1.81. The summed E-state index contributed by atoms with van der Waals surface area (Å²) >= 11 is 1.08. The highest BCUT2D eigenvalue weighted by Gasteiger charge is 2.45. The van der Waals surface area contributed by atoms with Crippen LogP contribution in [0.5, 0.6) is 0 Å². The second kappa shape index (κ2) is 4.27. The molecule has 1 amide bonds. The quantitative estimate of drug-likeness (QED) is 0.900. The van der Waals surface area contributed by atoms with Crippen molar-refractivity contribution in [3.8, 4) is 0 Å². The van der Waals surface area contributed by atoms with Gasteiger partial charge < -0.3 is 10.4 Å². The van der Waals surface area contributed by atoms with Gasteiger partial charge in [0, 0.05) is 5.56 Å². The van der Waals surface area contributed by atoms with Crippen LogP contribution >= 0.6 is 0 Å². The number of hydrogen-bond donors (Lipinski definition) is 2. The van der Waals surface area contributed by atoms with E-state index in [0.717, 1.165) is 23.5 Å². The van der Waals surface area contributed by atoms with Gasteiger partial charge in [-0.1, -0.05) is 0 Å². The van der Waals surface area contributed by atoms with E-state index < -0.39 is 11.5 Å². The van der Waals surface area contributed by atoms with E-state index in [1.807, 2.05) is 0 Å². The van der Waals surface area contributed by atoms with Gasteiger partial charge in [0.2, 0.25) is 0 Å². The third kappa shape index (κ3) is 1.95. The van der Waals surface area contributed by atoms with Crippen LogP contribution in [-0.2, 0) is 16.1 Å². The highest BCUT2D eigenvalue weighted by molar-refractivity contribution is 7.58. The summed E-state index contributed by atoms with van der Waals surface area (Å²) in [4.78, 5) is 23.3. The van der Waals surface area contributed by atoms with Crippen LogP contribution in [0.15, 0.2) is 26.9 Å². The minimum absolute atomic E-state index is 0.378. The standard InChI is InChI=1S/C12H11N3O3S/c16-10(13-12(11(17)18)4-1-5-12)7-2-3-8-9(6-7)15-19-14-8/h2-3,6H,1,4-5H2,(H,13,16)(H,17,18). The first-order valence-corrected chi connectivity index (χ1v) is 6.62. The van der Waals surface area contributed by atoms with E-state index in [2.05, 4.69) is 14.0 Å². The van der Waals surface area contributed by atoms with Gasteiger partial charge in [-0.05, 0) is 37.5 Å². The molecule has 0 spiro atoms. The molecule has 7 heteroatoms. The molecule has 0 bridgehead atoms. The fourth-order valence-corrected chi connectivity index (χ4v) is 2.65. The number of amides is 1. The minimum Gasteiger partial charge on any atom is -0.480 e. The average molecular weight is 277 g/mol. The number of rotatable bonds is 3. The molecule has 2 N–H and O–H groups in total. The van der Waals surface area contributed by atoms with Gasteiger partial charge in [-0.2, -0.15) is 8.73 Å². The molecule has 1 heterocycles. The van der Waals surface area contributed by atoms with Crippen molar-refractivity contribution in [3.05, 3.63) is 23.8 Å². The Morgan fingerprint density at radius 1 is 1.26 bits per heavy atom. The number of hydrogen-bond acceptors (Lipinski definition) is 4. The van der Waals surface area contributed by atoms with Gasteiger partial charge >= 0.3 is 5.97 Å². The highest BCUT2D eigenvalue weighted by Crippen LogP contribution is 2.34. The smallest absolute Gasteiger partial charge is 0.329 e. The van der Waals surface area contributed by atoms with E-state index in [4.69, 9.17) is 0 Å². The number of aliphatic carboxylic acids is 1. The van der Waals surface area contributed by atoms with Crippen LogP contribution in [0.4, 0.5) is 11.4 Å². The minimum atomic E-state index is -1.09. The third-order valence-electron chi connectivity index (χ3n) is 3.49. The van der Waals surface area contributed by atoms with E-state index in [-0.39, 0.29) is 5.91 Å². The molecule has 1 fully saturated rings. The molecule has 0 atom stereocenters. The Bertz CT molecular complexity index is 646. The number of nitrogens with zero attached hydrogens (tertiary/aromatic N) is 2. The number of benzene rings is 1. The molecule has 0 unspecified atom stereocenters. The van der Waals surface area contributed by atoms with Crippen molar-refractivity contribution in [1.82, 2.24) is 5.32 Å². The van der Waals surface area contributed by atoms with Crippen LogP contribution in [0.1, 0.15) is 29.6 Å². The van der Waals surface area contributed by atoms with Crippen molar-refractivity contribution in [2.75, 3.05) is 0 Å². The summed E-state index contributed by atoms with van der Waals surface area (Å²) < 4.78 is 8.12. The maximum Gasteiger partial charge on any atom is 0.329 e. The molecule has 1 aliphatic carbocycles. The Morgan fingerprint density at radius 2 is 2.00 bits per heavy atom. The summed E-state index contributed by atoms with van der Waals surface area (Å²) in [5, 5.41) is 11.8. The van der Waals surface area contributed by atoms with Crippen LogP contribution in [0.3, 0.4) is 0 Å². The Hall–Kier alpha value is -2.02. The number of carboxylic acids is 1. The molecule has 0 saturated heterocycles. The molecule has 1 aromatic carbocycles. The normalized spacial score (nSPS) is 18.1. The van der Waals surface area contributed by atoms with E-state index in [1.165, 1.54) is 0 Å². The maximum absolute atomic E-state index is 12.1. The monoisotopic (exact) mass is 277 g/mol. The van der Waals surface area contributed by atoms with Crippen LogP contribution in [0.2, 0.25) is 0 Å². The van der Waals surface area contributed by atoms with Gasteiger partial charge in [0.05, 0.1) is 11.4 Å². The number of carbonyl (C=O) groups excluding carboxylic acids is 1. The van der Waals surface area contributed by atoms with E-state index >= 15 is 0 Å². The Kier molecular flexibility index (Phi) is 2.70. The van der Waals surface area contributed by atoms with Crippen LogP contribution in [-0.4, -0.2) is 22.5 Å². The largest absolute Gasteiger partial charge is 0.480 e. The summed E-state index contributed by atoms with van der Waals surface area (Å²) in [6, 6.07) is 4.97. The first-order valence-electron chi connectivity index (χ1n) is 5.89. The molecule has 1 saturated carbocycles. The number of fused-ring (bicyclic) bond motifs is 1. The zero-order valence-corrected chi connectivity index (χ0v) is 10.7. The fraction of sp³-hybridized carbons (Fsp3) is 0.333. The third-order valence-corrected chi connectivity index (χ3v) is 4.04. The molecule has 0 radical (unpaired) electrons. The SMILES string of the molecule is O=C(NC1(C(=O)O)CCC1)c1ccc2c(c1)N=S=N2. The summed E-state index contributed by atoms with van der Waals surface area (Å²) in [5.74, 6) is -1.35. The van der Waals surface area contributed by atoms with Gasteiger partial charge in [0.1, 0.15) is 16.9 Å². The van der Waals surface area contributed by atoms with Gasteiger partial charge in [0.25, 0.3) is 5.91 Å². The molecular formula is C12H11N3O3S. The lowest BCUT2D eigenvalue weighted by Gasteiger charge is -2.38. The van der Waals surface area contributed by atoms with Crippen molar-refractivity contribution in [3.63, 3.8) is 0 Å². The van der Waals surface area contributed by atoms with Crippen LogP contribution in [0.25, 0.3) is 0 Å². The molecule has 19 heavy (non-hydrogen) atoms. The van der Waals surface area contributed by atoms with Gasteiger partial charge in [-0.25, -0.2) is 4.79 Å². The number of carboxylic acid groups (broad SMARTS) is 1. The lowest BCUT2D eigenvalue weighted by molar-refractivity contribution is -0.148. The van der Waals surface area contributed by atoms with E-state index in [0.29, 0.717) is 24.1 Å². The second-order valence-electron chi connectivity index (χ2n) is 4.66. The summed E-state index contributed by atoms with van der Waals surface area (Å²) in [6.07, 6.45) is 1.78. The zero-order chi connectivity index (χ0) is 13.5. The molecule has 3 rings (SSSR count). The van der Waals surface area contributed by atoms with Crippen LogP contribution in [0, 0.1) is 0 Å². The van der Waals surface area contributed by atoms with Crippen molar-refractivity contribution >= 4 is 34.6 Å². The molecule has 6 nitrogen and oxygen atoms in total. The molecule has 98 valence electrons. The fourth-order valence-electron chi connectivity index (χ4n) is 2.14. The van der Waals surface area contributed by atoms with Crippen LogP contribution < -0.4 is 5.32 Å². The summed E-state index contributed by atoms with van der Waals surface area (Å²) in [7, 11) is 0. The van der Waals surface area contributed by atoms with Crippen molar-refractivity contribution in [2.24, 2.45) is 8.73 Å². The molecule has 1 aromatic rings. The lowest BCUT2D eigenvalue weighted by atomic mass is 9.76. The predicted octanol–water partition coefficient (Wildman–Crippen LogP) is 2.15. The molecule has 0 aromatic heterocycles. The van der Waals surface area contributed by atoms with Crippen molar-refractivity contribution in [2.45, 2.75) is 24.8 Å². The molecule has 2 aliphatic rings. The van der Waals surface area contributed by atoms with Crippen molar-refractivity contribution < 1.29 is 14.7 Å². The first-order chi connectivity index (χ1) is 9.11. The van der Waals surface area contributed by atoms with Gasteiger partial charge in [-0.15, -0.1) is 0 Å². The zero-order valence-electron chi connectivity index (χ0n) is 9.92.